The lowest BCUT2D eigenvalue weighted by Gasteiger charge is -2.07. The summed E-state index contributed by atoms with van der Waals surface area (Å²) in [4.78, 5) is 23.2. The minimum absolute atomic E-state index is 0.0224. The van der Waals surface area contributed by atoms with Crippen LogP contribution in [0.3, 0.4) is 0 Å². The van der Waals surface area contributed by atoms with Crippen LogP contribution in [0.25, 0.3) is 10.9 Å². The summed E-state index contributed by atoms with van der Waals surface area (Å²) in [5.41, 5.74) is 3.05. The first-order valence-electron chi connectivity index (χ1n) is 7.83. The van der Waals surface area contributed by atoms with Gasteiger partial charge in [0.1, 0.15) is 6.54 Å². The van der Waals surface area contributed by atoms with Crippen molar-refractivity contribution in [2.24, 2.45) is 0 Å². The number of hydrogen-bond acceptors (Lipinski definition) is 4. The molecule has 0 fully saturated rings. The number of Topliss-reactive ketones (excluding diaryl/α,β-unsaturated/α-hetero) is 1. The molecular weight excluding hydrogens is 320 g/mol. The standard InChI is InChI=1S/C18H18N4O3/c1-4-7-20-12(2)8-16(13(20)3)18(23)11-21-17-9-15(22(24)25)6-5-14(17)10-19-21/h4-6,8-10H,1,7,11H2,2-3H3. The van der Waals surface area contributed by atoms with Gasteiger partial charge in [0.25, 0.3) is 5.69 Å². The fourth-order valence-electron chi connectivity index (χ4n) is 3.01. The highest BCUT2D eigenvalue weighted by atomic mass is 16.6. The number of non-ortho nitro benzene ring substituents is 1. The van der Waals surface area contributed by atoms with E-state index in [4.69, 9.17) is 0 Å². The third-order valence-electron chi connectivity index (χ3n) is 4.32. The lowest BCUT2D eigenvalue weighted by Crippen LogP contribution is -2.12. The molecule has 25 heavy (non-hydrogen) atoms. The van der Waals surface area contributed by atoms with Gasteiger partial charge in [0.05, 0.1) is 16.6 Å². The number of allylic oxidation sites excluding steroid dienone is 1. The number of rotatable bonds is 6. The van der Waals surface area contributed by atoms with Crippen molar-refractivity contribution >= 4 is 22.4 Å². The number of aromatic nitrogens is 3. The Morgan fingerprint density at radius 2 is 2.12 bits per heavy atom. The summed E-state index contributed by atoms with van der Waals surface area (Å²) >= 11 is 0. The van der Waals surface area contributed by atoms with Crippen LogP contribution in [0.2, 0.25) is 0 Å². The number of hydrogen-bond donors (Lipinski definition) is 0. The van der Waals surface area contributed by atoms with Crippen LogP contribution in [-0.2, 0) is 13.1 Å². The predicted molar refractivity (Wildman–Crippen MR) is 94.8 cm³/mol. The molecule has 0 saturated heterocycles. The minimum Gasteiger partial charge on any atom is -0.345 e. The maximum atomic E-state index is 12.7. The number of ketones is 1. The molecule has 7 heteroatoms. The second-order valence-corrected chi connectivity index (χ2v) is 5.91. The van der Waals surface area contributed by atoms with E-state index in [1.807, 2.05) is 24.5 Å². The highest BCUT2D eigenvalue weighted by Gasteiger charge is 2.18. The molecule has 7 nitrogen and oxygen atoms in total. The Morgan fingerprint density at radius 1 is 1.36 bits per heavy atom. The fourth-order valence-corrected chi connectivity index (χ4v) is 3.01. The van der Waals surface area contributed by atoms with E-state index >= 15 is 0 Å². The molecule has 0 atom stereocenters. The van der Waals surface area contributed by atoms with Crippen LogP contribution in [0.4, 0.5) is 5.69 Å². The van der Waals surface area contributed by atoms with Crippen molar-refractivity contribution in [3.05, 3.63) is 70.2 Å². The van der Waals surface area contributed by atoms with Gasteiger partial charge >= 0.3 is 0 Å². The van der Waals surface area contributed by atoms with Crippen LogP contribution < -0.4 is 0 Å². The number of nitro benzene ring substituents is 1. The van der Waals surface area contributed by atoms with Crippen molar-refractivity contribution < 1.29 is 9.72 Å². The average Bonchev–Trinajstić information content (AvgIpc) is 3.10. The summed E-state index contributed by atoms with van der Waals surface area (Å²) in [5, 5.41) is 15.9. The van der Waals surface area contributed by atoms with E-state index in [1.165, 1.54) is 16.8 Å². The van der Waals surface area contributed by atoms with E-state index in [1.54, 1.807) is 18.3 Å². The van der Waals surface area contributed by atoms with Crippen molar-refractivity contribution in [1.82, 2.24) is 14.3 Å². The van der Waals surface area contributed by atoms with Crippen molar-refractivity contribution in [3.8, 4) is 0 Å². The number of benzene rings is 1. The van der Waals surface area contributed by atoms with Crippen molar-refractivity contribution in [1.29, 1.82) is 0 Å². The molecule has 0 aliphatic carbocycles. The van der Waals surface area contributed by atoms with E-state index in [2.05, 4.69) is 11.7 Å². The molecule has 2 heterocycles. The number of carbonyl (C=O) groups excluding carboxylic acids is 1. The van der Waals surface area contributed by atoms with E-state index in [0.717, 1.165) is 16.8 Å². The summed E-state index contributed by atoms with van der Waals surface area (Å²) in [6, 6.07) is 6.36. The Bertz CT molecular complexity index is 997. The quantitative estimate of drug-likeness (QED) is 0.298. The van der Waals surface area contributed by atoms with Gasteiger partial charge in [-0.2, -0.15) is 5.10 Å². The second kappa shape index (κ2) is 6.35. The second-order valence-electron chi connectivity index (χ2n) is 5.91. The molecule has 0 aliphatic rings. The molecule has 1 aromatic carbocycles. The summed E-state index contributed by atoms with van der Waals surface area (Å²) in [5.74, 6) is -0.0834. The molecule has 3 aromatic rings. The Balaban J connectivity index is 1.95. The lowest BCUT2D eigenvalue weighted by atomic mass is 10.1. The van der Waals surface area contributed by atoms with Gasteiger partial charge < -0.3 is 4.57 Å². The van der Waals surface area contributed by atoms with Gasteiger partial charge in [0, 0.05) is 41.0 Å². The van der Waals surface area contributed by atoms with Crippen LogP contribution in [-0.4, -0.2) is 25.1 Å². The van der Waals surface area contributed by atoms with Gasteiger partial charge in [-0.15, -0.1) is 6.58 Å². The molecule has 0 spiro atoms. The van der Waals surface area contributed by atoms with Crippen LogP contribution in [0, 0.1) is 24.0 Å². The van der Waals surface area contributed by atoms with E-state index in [-0.39, 0.29) is 18.0 Å². The summed E-state index contributed by atoms with van der Waals surface area (Å²) in [7, 11) is 0. The summed E-state index contributed by atoms with van der Waals surface area (Å²) in [6.45, 7) is 8.25. The van der Waals surface area contributed by atoms with Crippen LogP contribution in [0.5, 0.6) is 0 Å². The first-order chi connectivity index (χ1) is 11.9. The molecular formula is C18H18N4O3. The van der Waals surface area contributed by atoms with Gasteiger partial charge in [-0.3, -0.25) is 19.6 Å². The summed E-state index contributed by atoms with van der Waals surface area (Å²) in [6.07, 6.45) is 3.39. The Morgan fingerprint density at radius 3 is 2.80 bits per heavy atom. The SMILES string of the molecule is C=CCn1c(C)cc(C(=O)Cn2ncc3ccc([N+](=O)[O-])cc32)c1C. The van der Waals surface area contributed by atoms with Gasteiger partial charge in [-0.25, -0.2) is 0 Å². The lowest BCUT2D eigenvalue weighted by molar-refractivity contribution is -0.384. The largest absolute Gasteiger partial charge is 0.345 e. The van der Waals surface area contributed by atoms with Crippen molar-refractivity contribution in [3.63, 3.8) is 0 Å². The zero-order chi connectivity index (χ0) is 18.1. The third kappa shape index (κ3) is 2.96. The molecule has 0 saturated carbocycles. The first kappa shape index (κ1) is 16.6. The topological polar surface area (TPSA) is 83.0 Å². The number of fused-ring (bicyclic) bond motifs is 1. The van der Waals surface area contributed by atoms with Gasteiger partial charge in [0.2, 0.25) is 0 Å². The number of nitrogens with zero attached hydrogens (tertiary/aromatic N) is 4. The molecule has 2 aromatic heterocycles. The smallest absolute Gasteiger partial charge is 0.271 e. The Labute approximate surface area is 144 Å². The average molecular weight is 338 g/mol. The van der Waals surface area contributed by atoms with Gasteiger partial charge in [-0.1, -0.05) is 6.08 Å². The fraction of sp³-hybridized carbons (Fsp3) is 0.222. The Hall–Kier alpha value is -3.22. The first-order valence-corrected chi connectivity index (χ1v) is 7.83. The van der Waals surface area contributed by atoms with E-state index < -0.39 is 4.92 Å². The normalized spacial score (nSPS) is 11.0. The van der Waals surface area contributed by atoms with Crippen LogP contribution >= 0.6 is 0 Å². The maximum absolute atomic E-state index is 12.7. The molecule has 0 N–H and O–H groups in total. The van der Waals surface area contributed by atoms with E-state index in [9.17, 15) is 14.9 Å². The monoisotopic (exact) mass is 338 g/mol. The van der Waals surface area contributed by atoms with Crippen LogP contribution in [0.1, 0.15) is 21.7 Å². The molecule has 0 bridgehead atoms. The van der Waals surface area contributed by atoms with Gasteiger partial charge in [0.15, 0.2) is 5.78 Å². The van der Waals surface area contributed by atoms with Gasteiger partial charge in [-0.05, 0) is 26.0 Å². The maximum Gasteiger partial charge on any atom is 0.271 e. The minimum atomic E-state index is -0.457. The highest BCUT2D eigenvalue weighted by Crippen LogP contribution is 2.22. The number of carbonyl (C=O) groups is 1. The molecule has 128 valence electrons. The zero-order valence-electron chi connectivity index (χ0n) is 14.1. The molecule has 0 unspecified atom stereocenters. The Kier molecular flexibility index (Phi) is 4.22. The van der Waals surface area contributed by atoms with Crippen molar-refractivity contribution in [2.75, 3.05) is 0 Å². The van der Waals surface area contributed by atoms with E-state index in [0.29, 0.717) is 17.6 Å². The number of aryl methyl sites for hydroxylation is 1. The predicted octanol–water partition coefficient (Wildman–Crippen LogP) is 3.43. The van der Waals surface area contributed by atoms with Crippen LogP contribution in [0.15, 0.2) is 43.1 Å². The molecule has 0 aliphatic heterocycles. The molecule has 3 rings (SSSR count). The summed E-state index contributed by atoms with van der Waals surface area (Å²) < 4.78 is 3.52. The third-order valence-corrected chi connectivity index (χ3v) is 4.32. The molecule has 0 amide bonds. The highest BCUT2D eigenvalue weighted by molar-refractivity contribution is 5.98. The van der Waals surface area contributed by atoms with Crippen molar-refractivity contribution in [2.45, 2.75) is 26.9 Å². The number of nitro groups is 1. The zero-order valence-corrected chi connectivity index (χ0v) is 14.1. The molecule has 0 radical (unpaired) electrons.